The zero-order chi connectivity index (χ0) is 14.2. The molecule has 2 aromatic heterocycles. The van der Waals surface area contributed by atoms with Crippen LogP contribution in [0, 0.1) is 0 Å². The van der Waals surface area contributed by atoms with Crippen LogP contribution in [-0.4, -0.2) is 41.5 Å². The van der Waals surface area contributed by atoms with E-state index in [1.54, 1.807) is 29.4 Å². The predicted molar refractivity (Wildman–Crippen MR) is 78.1 cm³/mol. The highest BCUT2D eigenvalue weighted by Crippen LogP contribution is 2.41. The number of nitrogens with two attached hydrogens (primary N) is 1. The van der Waals surface area contributed by atoms with Crippen molar-refractivity contribution in [1.29, 1.82) is 0 Å². The summed E-state index contributed by atoms with van der Waals surface area (Å²) in [5.74, 6) is 1.09. The van der Waals surface area contributed by atoms with E-state index in [4.69, 9.17) is 5.73 Å². The zero-order valence-electron chi connectivity index (χ0n) is 11.1. The number of aromatic nitrogens is 4. The topological polar surface area (TPSA) is 98.7 Å². The fourth-order valence-electron chi connectivity index (χ4n) is 2.05. The van der Waals surface area contributed by atoms with Gasteiger partial charge in [0.05, 0.1) is 4.75 Å². The van der Waals surface area contributed by atoms with Gasteiger partial charge in [-0.3, -0.25) is 4.21 Å². The van der Waals surface area contributed by atoms with E-state index in [9.17, 15) is 4.21 Å². The summed E-state index contributed by atoms with van der Waals surface area (Å²) in [7, 11) is -0.844. The van der Waals surface area contributed by atoms with Crippen LogP contribution in [0.15, 0.2) is 24.8 Å². The second kappa shape index (κ2) is 4.86. The summed E-state index contributed by atoms with van der Waals surface area (Å²) in [5.41, 5.74) is 6.51. The van der Waals surface area contributed by atoms with Gasteiger partial charge in [0.1, 0.15) is 12.0 Å². The minimum Gasteiger partial charge on any atom is -0.393 e. The maximum Gasteiger partial charge on any atom is 0.181 e. The van der Waals surface area contributed by atoms with Crippen LogP contribution in [0.4, 0.5) is 11.5 Å². The van der Waals surface area contributed by atoms with Crippen molar-refractivity contribution in [1.82, 2.24) is 19.7 Å². The average molecular weight is 292 g/mol. The summed E-state index contributed by atoms with van der Waals surface area (Å²) < 4.78 is 13.1. The normalized spacial score (nSPS) is 17.6. The molecule has 1 aliphatic carbocycles. The molecule has 1 aliphatic rings. The molecule has 0 spiro atoms. The van der Waals surface area contributed by atoms with Gasteiger partial charge in [-0.15, -0.1) is 0 Å². The first-order valence-electron chi connectivity index (χ1n) is 6.30. The van der Waals surface area contributed by atoms with Gasteiger partial charge in [-0.2, -0.15) is 5.10 Å². The van der Waals surface area contributed by atoms with Crippen molar-refractivity contribution < 1.29 is 4.21 Å². The summed E-state index contributed by atoms with van der Waals surface area (Å²) >= 11 is 0. The smallest absolute Gasteiger partial charge is 0.181 e. The van der Waals surface area contributed by atoms with E-state index in [1.165, 1.54) is 6.33 Å². The van der Waals surface area contributed by atoms with Crippen molar-refractivity contribution >= 4 is 22.3 Å². The second-order valence-electron chi connectivity index (χ2n) is 4.90. The molecule has 1 fully saturated rings. The molecule has 8 heteroatoms. The molecule has 1 unspecified atom stereocenters. The molecule has 0 bridgehead atoms. The van der Waals surface area contributed by atoms with E-state index in [2.05, 4.69) is 20.4 Å². The second-order valence-corrected chi connectivity index (χ2v) is 6.68. The molecular weight excluding hydrogens is 276 g/mol. The molecule has 0 amide bonds. The van der Waals surface area contributed by atoms with Gasteiger partial charge < -0.3 is 11.1 Å². The van der Waals surface area contributed by atoms with Crippen molar-refractivity contribution in [3.05, 3.63) is 24.8 Å². The van der Waals surface area contributed by atoms with Crippen LogP contribution in [-0.2, 0) is 10.8 Å². The quantitative estimate of drug-likeness (QED) is 0.836. The Morgan fingerprint density at radius 1 is 1.50 bits per heavy atom. The molecule has 1 saturated carbocycles. The molecule has 0 saturated heterocycles. The van der Waals surface area contributed by atoms with Gasteiger partial charge in [0.25, 0.3) is 0 Å². The molecule has 20 heavy (non-hydrogen) atoms. The van der Waals surface area contributed by atoms with Crippen molar-refractivity contribution in [3.63, 3.8) is 0 Å². The lowest BCUT2D eigenvalue weighted by Gasteiger charge is -2.15. The maximum absolute atomic E-state index is 11.7. The molecule has 2 aromatic rings. The van der Waals surface area contributed by atoms with Crippen LogP contribution in [0.5, 0.6) is 0 Å². The zero-order valence-corrected chi connectivity index (χ0v) is 11.9. The van der Waals surface area contributed by atoms with E-state index < -0.39 is 10.8 Å². The number of hydrogen-bond donors (Lipinski definition) is 2. The predicted octanol–water partition coefficient (Wildman–Crippen LogP) is 0.567. The Morgan fingerprint density at radius 2 is 2.30 bits per heavy atom. The molecule has 0 aromatic carbocycles. The summed E-state index contributed by atoms with van der Waals surface area (Å²) in [6.07, 6.45) is 8.56. The van der Waals surface area contributed by atoms with Gasteiger partial charge in [0, 0.05) is 36.0 Å². The van der Waals surface area contributed by atoms with Gasteiger partial charge in [0.2, 0.25) is 0 Å². The van der Waals surface area contributed by atoms with E-state index >= 15 is 0 Å². The summed E-state index contributed by atoms with van der Waals surface area (Å²) in [4.78, 5) is 8.29. The van der Waals surface area contributed by atoms with Crippen LogP contribution in [0.1, 0.15) is 12.8 Å². The largest absolute Gasteiger partial charge is 0.393 e. The number of nitrogens with one attached hydrogen (secondary N) is 1. The van der Waals surface area contributed by atoms with Crippen molar-refractivity contribution in [2.24, 2.45) is 0 Å². The molecule has 7 nitrogen and oxygen atoms in total. The van der Waals surface area contributed by atoms with Gasteiger partial charge in [-0.05, 0) is 18.9 Å². The summed E-state index contributed by atoms with van der Waals surface area (Å²) in [6.45, 7) is 0.607. The van der Waals surface area contributed by atoms with Crippen LogP contribution < -0.4 is 11.1 Å². The third-order valence-electron chi connectivity index (χ3n) is 3.58. The number of rotatable bonds is 5. The SMILES string of the molecule is CS(=O)C1(CNc2ncnc(-n3cccn3)c2N)CC1. The minimum atomic E-state index is -0.844. The Kier molecular flexibility index (Phi) is 3.17. The highest BCUT2D eigenvalue weighted by molar-refractivity contribution is 7.86. The van der Waals surface area contributed by atoms with Crippen molar-refractivity contribution in [3.8, 4) is 5.82 Å². The minimum absolute atomic E-state index is 0.122. The van der Waals surface area contributed by atoms with Crippen molar-refractivity contribution in [2.75, 3.05) is 23.9 Å². The lowest BCUT2D eigenvalue weighted by Crippen LogP contribution is -2.27. The van der Waals surface area contributed by atoms with Crippen molar-refractivity contribution in [2.45, 2.75) is 17.6 Å². The lowest BCUT2D eigenvalue weighted by atomic mass is 10.3. The fourth-order valence-corrected chi connectivity index (χ4v) is 3.01. The van der Waals surface area contributed by atoms with Gasteiger partial charge in [-0.25, -0.2) is 14.6 Å². The van der Waals surface area contributed by atoms with E-state index in [1.807, 2.05) is 0 Å². The molecule has 3 N–H and O–H groups in total. The van der Waals surface area contributed by atoms with E-state index in [0.717, 1.165) is 12.8 Å². The Morgan fingerprint density at radius 3 is 2.90 bits per heavy atom. The summed E-state index contributed by atoms with van der Waals surface area (Å²) in [5, 5.41) is 7.30. The number of hydrogen-bond acceptors (Lipinski definition) is 6. The van der Waals surface area contributed by atoms with Crippen LogP contribution in [0.2, 0.25) is 0 Å². The van der Waals surface area contributed by atoms with Gasteiger partial charge in [-0.1, -0.05) is 0 Å². The number of nitrogen functional groups attached to an aromatic ring is 1. The highest BCUT2D eigenvalue weighted by Gasteiger charge is 2.46. The summed E-state index contributed by atoms with van der Waals surface area (Å²) in [6, 6.07) is 1.80. The first-order valence-corrected chi connectivity index (χ1v) is 7.86. The molecule has 3 rings (SSSR count). The Balaban J connectivity index is 1.81. The van der Waals surface area contributed by atoms with Crippen LogP contribution in [0.3, 0.4) is 0 Å². The van der Waals surface area contributed by atoms with Gasteiger partial charge >= 0.3 is 0 Å². The Labute approximate surface area is 119 Å². The van der Waals surface area contributed by atoms with E-state index in [0.29, 0.717) is 23.9 Å². The molecular formula is C12H16N6OS. The number of anilines is 2. The molecule has 0 aliphatic heterocycles. The van der Waals surface area contributed by atoms with Gasteiger partial charge in [0.15, 0.2) is 11.6 Å². The molecule has 106 valence electrons. The molecule has 2 heterocycles. The van der Waals surface area contributed by atoms with Crippen LogP contribution in [0.25, 0.3) is 5.82 Å². The standard InChI is InChI=1S/C12H16N6OS/c1-20(19)12(3-4-12)7-14-10-9(13)11(16-8-15-10)18-6-2-5-17-18/h2,5-6,8H,3-4,7,13H2,1H3,(H,14,15,16). The average Bonchev–Trinajstić information content (AvgIpc) is 3.04. The molecule has 0 radical (unpaired) electrons. The number of nitrogens with zero attached hydrogens (tertiary/aromatic N) is 4. The third kappa shape index (κ3) is 2.26. The third-order valence-corrected chi connectivity index (χ3v) is 5.35. The lowest BCUT2D eigenvalue weighted by molar-refractivity contribution is 0.674. The first-order chi connectivity index (χ1) is 9.62. The fraction of sp³-hybridized carbons (Fsp3) is 0.417. The Hall–Kier alpha value is -1.96. The first kappa shape index (κ1) is 13.0. The monoisotopic (exact) mass is 292 g/mol. The highest BCUT2D eigenvalue weighted by atomic mass is 32.2. The van der Waals surface area contributed by atoms with E-state index in [-0.39, 0.29) is 4.75 Å². The molecule has 1 atom stereocenters. The maximum atomic E-state index is 11.7. The van der Waals surface area contributed by atoms with Crippen LogP contribution >= 0.6 is 0 Å². The Bertz CT molecular complexity index is 637.